The third-order valence-electron chi connectivity index (χ3n) is 6.63. The normalized spacial score (nSPS) is 14.2. The molecule has 0 bridgehead atoms. The van der Waals surface area contributed by atoms with Gasteiger partial charge in [0.05, 0.1) is 23.2 Å². The molecule has 4 rings (SSSR count). The van der Waals surface area contributed by atoms with Crippen LogP contribution in [0.3, 0.4) is 0 Å². The first kappa shape index (κ1) is 27.9. The van der Waals surface area contributed by atoms with E-state index in [4.69, 9.17) is 14.5 Å². The van der Waals surface area contributed by atoms with Gasteiger partial charge in [0.25, 0.3) is 5.91 Å². The van der Waals surface area contributed by atoms with Gasteiger partial charge in [-0.15, -0.1) is 0 Å². The summed E-state index contributed by atoms with van der Waals surface area (Å²) in [6.45, 7) is 3.69. The average molecular weight is 543 g/mol. The number of hydrogen-bond acceptors (Lipinski definition) is 6. The molecule has 0 spiro atoms. The Morgan fingerprint density at radius 3 is 2.53 bits per heavy atom. The third kappa shape index (κ3) is 6.84. The molecule has 1 aromatic carbocycles. The molecule has 1 atom stereocenters. The second kappa shape index (κ2) is 12.6. The Balaban J connectivity index is 1.59. The van der Waals surface area contributed by atoms with Crippen LogP contribution in [0.4, 0.5) is 0 Å². The predicted molar refractivity (Wildman–Crippen MR) is 145 cm³/mol. The minimum atomic E-state index is -2.20. The lowest BCUT2D eigenvalue weighted by atomic mass is 10.0. The Bertz CT molecular complexity index is 1320. The van der Waals surface area contributed by atoms with Crippen LogP contribution in [0.15, 0.2) is 34.7 Å². The molecule has 1 amide bonds. The molecular formula is C27H34N4O6S. The lowest BCUT2D eigenvalue weighted by molar-refractivity contribution is -0.137. The van der Waals surface area contributed by atoms with E-state index >= 15 is 0 Å². The molecule has 38 heavy (non-hydrogen) atoms. The van der Waals surface area contributed by atoms with E-state index in [1.807, 2.05) is 37.3 Å². The molecule has 0 radical (unpaired) electrons. The van der Waals surface area contributed by atoms with Gasteiger partial charge < -0.3 is 20.2 Å². The molecule has 10 nitrogen and oxygen atoms in total. The third-order valence-corrected chi connectivity index (χ3v) is 7.39. The SMILES string of the molecule is CNC(=O)c1c(-c2ccc(C)cc2)oc2nc(CN(CCCNCCCC(=O)O)S(=O)O)c(C3CC3)cc12. The number of carboxylic acid groups (broad SMARTS) is 1. The van der Waals surface area contributed by atoms with Crippen molar-refractivity contribution in [3.63, 3.8) is 0 Å². The average Bonchev–Trinajstić information content (AvgIpc) is 3.67. The fraction of sp³-hybridized carbons (Fsp3) is 0.444. The van der Waals surface area contributed by atoms with E-state index in [2.05, 4.69) is 10.6 Å². The zero-order valence-corrected chi connectivity index (χ0v) is 22.5. The number of carboxylic acids is 1. The number of carbonyl (C=O) groups is 2. The monoisotopic (exact) mass is 542 g/mol. The summed E-state index contributed by atoms with van der Waals surface area (Å²) in [6.07, 6.45) is 3.25. The standard InChI is InChI=1S/C27H34N4O6S/c1-17-6-8-19(9-7-17)25-24(26(34)28-2)21-15-20(18-10-11-18)22(30-27(21)37-25)16-31(38(35)36)14-4-13-29-12-3-5-23(32)33/h6-9,15,18,29H,3-5,10-14,16H2,1-2H3,(H,28,34)(H,32,33)(H,35,36). The number of aryl methyl sites for hydroxylation is 1. The maximum Gasteiger partial charge on any atom is 0.303 e. The molecule has 4 N–H and O–H groups in total. The van der Waals surface area contributed by atoms with E-state index < -0.39 is 17.2 Å². The minimum Gasteiger partial charge on any atom is -0.481 e. The molecule has 3 aromatic rings. The van der Waals surface area contributed by atoms with Crippen molar-refractivity contribution in [3.05, 3.63) is 52.7 Å². The number of benzene rings is 1. The molecule has 1 unspecified atom stereocenters. The van der Waals surface area contributed by atoms with Crippen molar-refractivity contribution in [1.29, 1.82) is 0 Å². The van der Waals surface area contributed by atoms with Crippen molar-refractivity contribution in [2.75, 3.05) is 26.7 Å². The predicted octanol–water partition coefficient (Wildman–Crippen LogP) is 3.82. The Labute approximate surface area is 224 Å². The van der Waals surface area contributed by atoms with Gasteiger partial charge in [-0.25, -0.2) is 9.19 Å². The zero-order chi connectivity index (χ0) is 27.2. The molecule has 11 heteroatoms. The van der Waals surface area contributed by atoms with Crippen LogP contribution in [0, 0.1) is 6.92 Å². The van der Waals surface area contributed by atoms with Crippen molar-refractivity contribution in [2.45, 2.75) is 51.5 Å². The van der Waals surface area contributed by atoms with Crippen LogP contribution < -0.4 is 10.6 Å². The smallest absolute Gasteiger partial charge is 0.303 e. The summed E-state index contributed by atoms with van der Waals surface area (Å²) in [4.78, 5) is 28.3. The summed E-state index contributed by atoms with van der Waals surface area (Å²) in [5.41, 5.74) is 4.27. The number of hydrogen-bond donors (Lipinski definition) is 4. The number of aromatic nitrogens is 1. The first-order valence-electron chi connectivity index (χ1n) is 12.8. The maximum absolute atomic E-state index is 12.9. The van der Waals surface area contributed by atoms with Crippen molar-refractivity contribution in [3.8, 4) is 11.3 Å². The highest BCUT2D eigenvalue weighted by molar-refractivity contribution is 7.76. The first-order valence-corrected chi connectivity index (χ1v) is 13.9. The largest absolute Gasteiger partial charge is 0.481 e. The number of nitrogens with zero attached hydrogens (tertiary/aromatic N) is 2. The van der Waals surface area contributed by atoms with E-state index in [1.165, 1.54) is 4.31 Å². The Morgan fingerprint density at radius 1 is 1.18 bits per heavy atom. The van der Waals surface area contributed by atoms with Crippen molar-refractivity contribution < 1.29 is 27.9 Å². The van der Waals surface area contributed by atoms with Gasteiger partial charge in [0.1, 0.15) is 5.76 Å². The fourth-order valence-electron chi connectivity index (χ4n) is 4.46. The second-order valence-electron chi connectivity index (χ2n) is 9.60. The van der Waals surface area contributed by atoms with E-state index in [0.717, 1.165) is 29.5 Å². The van der Waals surface area contributed by atoms with Crippen LogP contribution in [0.1, 0.15) is 65.2 Å². The number of aliphatic carboxylic acids is 1. The lowest BCUT2D eigenvalue weighted by Gasteiger charge is -2.19. The number of rotatable bonds is 14. The summed E-state index contributed by atoms with van der Waals surface area (Å²) < 4.78 is 29.7. The number of carbonyl (C=O) groups excluding carboxylic acids is 1. The van der Waals surface area contributed by atoms with Crippen molar-refractivity contribution in [1.82, 2.24) is 19.9 Å². The first-order chi connectivity index (χ1) is 18.3. The van der Waals surface area contributed by atoms with Gasteiger partial charge in [-0.1, -0.05) is 29.8 Å². The molecule has 1 aliphatic carbocycles. The van der Waals surface area contributed by atoms with Gasteiger partial charge in [-0.3, -0.25) is 14.1 Å². The van der Waals surface area contributed by atoms with Gasteiger partial charge in [-0.2, -0.15) is 4.31 Å². The molecule has 0 saturated heterocycles. The molecule has 1 aliphatic rings. The van der Waals surface area contributed by atoms with Crippen LogP contribution in [0.25, 0.3) is 22.4 Å². The zero-order valence-electron chi connectivity index (χ0n) is 21.7. The number of amides is 1. The Kier molecular flexibility index (Phi) is 9.26. The summed E-state index contributed by atoms with van der Waals surface area (Å²) in [5.74, 6) is -0.344. The van der Waals surface area contributed by atoms with E-state index in [1.54, 1.807) is 7.05 Å². The topological polar surface area (TPSA) is 145 Å². The Morgan fingerprint density at radius 2 is 1.89 bits per heavy atom. The molecule has 204 valence electrons. The summed E-state index contributed by atoms with van der Waals surface area (Å²) in [6, 6.07) is 9.70. The van der Waals surface area contributed by atoms with Gasteiger partial charge >= 0.3 is 5.97 Å². The van der Waals surface area contributed by atoms with E-state index in [9.17, 15) is 18.4 Å². The molecule has 1 saturated carbocycles. The second-order valence-corrected chi connectivity index (χ2v) is 10.6. The molecule has 0 aliphatic heterocycles. The van der Waals surface area contributed by atoms with Gasteiger partial charge in [0.15, 0.2) is 0 Å². The highest BCUT2D eigenvalue weighted by atomic mass is 32.2. The van der Waals surface area contributed by atoms with Crippen LogP contribution >= 0.6 is 0 Å². The van der Waals surface area contributed by atoms with Gasteiger partial charge in [0, 0.05) is 25.6 Å². The minimum absolute atomic E-state index is 0.109. The van der Waals surface area contributed by atoms with Gasteiger partial charge in [-0.05, 0) is 63.2 Å². The van der Waals surface area contributed by atoms with Gasteiger partial charge in [0.2, 0.25) is 17.0 Å². The maximum atomic E-state index is 12.9. The highest BCUT2D eigenvalue weighted by Gasteiger charge is 2.31. The van der Waals surface area contributed by atoms with Crippen LogP contribution in [-0.4, -0.2) is 61.7 Å². The van der Waals surface area contributed by atoms with Crippen molar-refractivity contribution in [2.24, 2.45) is 0 Å². The number of pyridine rings is 1. The number of nitrogens with one attached hydrogen (secondary N) is 2. The highest BCUT2D eigenvalue weighted by Crippen LogP contribution is 2.44. The molecule has 2 heterocycles. The molecule has 1 fully saturated rings. The van der Waals surface area contributed by atoms with E-state index in [0.29, 0.717) is 66.5 Å². The summed E-state index contributed by atoms with van der Waals surface area (Å²) >= 11 is -2.20. The van der Waals surface area contributed by atoms with E-state index in [-0.39, 0.29) is 18.9 Å². The fourth-order valence-corrected chi connectivity index (χ4v) is 4.98. The quantitative estimate of drug-likeness (QED) is 0.178. The molecule has 2 aromatic heterocycles. The van der Waals surface area contributed by atoms with Crippen molar-refractivity contribution >= 4 is 34.2 Å². The lowest BCUT2D eigenvalue weighted by Crippen LogP contribution is -2.30. The number of fused-ring (bicyclic) bond motifs is 1. The van der Waals surface area contributed by atoms with Crippen LogP contribution in [-0.2, 0) is 22.6 Å². The summed E-state index contributed by atoms with van der Waals surface area (Å²) in [7, 11) is 1.58. The Hall–Kier alpha value is -3.12. The number of furan rings is 1. The van der Waals surface area contributed by atoms with Crippen LogP contribution in [0.2, 0.25) is 0 Å². The summed E-state index contributed by atoms with van der Waals surface area (Å²) in [5, 5.41) is 15.2. The van der Waals surface area contributed by atoms with Crippen LogP contribution in [0.5, 0.6) is 0 Å². The molecular weight excluding hydrogens is 508 g/mol.